The predicted octanol–water partition coefficient (Wildman–Crippen LogP) is 4.93. The number of halogens is 2. The average molecular weight is 385 g/mol. The van der Waals surface area contributed by atoms with Gasteiger partial charge < -0.3 is 0 Å². The van der Waals surface area contributed by atoms with Crippen molar-refractivity contribution in [2.45, 2.75) is 12.5 Å². The second kappa shape index (κ2) is 6.75. The average Bonchev–Trinajstić information content (AvgIpc) is 2.43. The molecule has 0 N–H and O–H groups in total. The molecule has 96 valence electrons. The minimum Gasteiger partial charge on any atom is -0.265 e. The summed E-state index contributed by atoms with van der Waals surface area (Å²) in [5.74, 6) is 0. The van der Waals surface area contributed by atoms with Crippen LogP contribution in [0.15, 0.2) is 47.8 Å². The molecule has 6 heteroatoms. The van der Waals surface area contributed by atoms with Crippen molar-refractivity contribution in [3.63, 3.8) is 0 Å². The van der Waals surface area contributed by atoms with Gasteiger partial charge >= 0.3 is 0 Å². The van der Waals surface area contributed by atoms with Gasteiger partial charge in [-0.1, -0.05) is 28.8 Å². The molecular formula is C13H10ClIN4. The Morgan fingerprint density at radius 1 is 1.32 bits per heavy atom. The molecule has 0 spiro atoms. The Morgan fingerprint density at radius 3 is 2.74 bits per heavy atom. The maximum absolute atomic E-state index is 8.74. The zero-order chi connectivity index (χ0) is 13.7. The van der Waals surface area contributed by atoms with Gasteiger partial charge in [0.05, 0.1) is 11.1 Å². The number of hydrogen-bond donors (Lipinski definition) is 0. The Hall–Kier alpha value is -1.30. The van der Waals surface area contributed by atoms with Gasteiger partial charge in [0.25, 0.3) is 0 Å². The van der Waals surface area contributed by atoms with Crippen molar-refractivity contribution in [3.8, 4) is 0 Å². The SMILES string of the molecule is [N-]=[N+]=NC(Cc1ccncc1)c1cccc(I)c1Cl. The zero-order valence-electron chi connectivity index (χ0n) is 9.87. The minimum absolute atomic E-state index is 0.311. The summed E-state index contributed by atoms with van der Waals surface area (Å²) < 4.78 is 0.949. The van der Waals surface area contributed by atoms with Crippen LogP contribution in [0, 0.1) is 3.57 Å². The molecule has 1 unspecified atom stereocenters. The third-order valence-corrected chi connectivity index (χ3v) is 4.35. The molecule has 0 radical (unpaired) electrons. The molecule has 1 aromatic carbocycles. The first-order chi connectivity index (χ1) is 9.22. The monoisotopic (exact) mass is 384 g/mol. The molecule has 0 saturated heterocycles. The molecule has 2 rings (SSSR count). The van der Waals surface area contributed by atoms with Crippen molar-refractivity contribution in [3.05, 3.63) is 72.9 Å². The van der Waals surface area contributed by atoms with Crippen LogP contribution in [-0.4, -0.2) is 4.98 Å². The van der Waals surface area contributed by atoms with Crippen molar-refractivity contribution in [1.29, 1.82) is 0 Å². The molecule has 19 heavy (non-hydrogen) atoms. The van der Waals surface area contributed by atoms with Gasteiger partial charge in [-0.3, -0.25) is 4.98 Å². The van der Waals surface area contributed by atoms with Gasteiger partial charge in [0.1, 0.15) is 0 Å². The second-order valence-electron chi connectivity index (χ2n) is 3.92. The Labute approximate surface area is 129 Å². The van der Waals surface area contributed by atoms with E-state index in [4.69, 9.17) is 17.1 Å². The lowest BCUT2D eigenvalue weighted by molar-refractivity contribution is 0.714. The van der Waals surface area contributed by atoms with Crippen molar-refractivity contribution < 1.29 is 0 Å². The summed E-state index contributed by atoms with van der Waals surface area (Å²) in [4.78, 5) is 6.90. The van der Waals surface area contributed by atoms with E-state index < -0.39 is 0 Å². The fraction of sp³-hybridized carbons (Fsp3) is 0.154. The lowest BCUT2D eigenvalue weighted by Crippen LogP contribution is -2.01. The fourth-order valence-electron chi connectivity index (χ4n) is 1.80. The van der Waals surface area contributed by atoms with Crippen molar-refractivity contribution in [2.75, 3.05) is 0 Å². The van der Waals surface area contributed by atoms with Crippen LogP contribution in [0.3, 0.4) is 0 Å². The van der Waals surface area contributed by atoms with Gasteiger partial charge in [-0.2, -0.15) is 0 Å². The smallest absolute Gasteiger partial charge is 0.0680 e. The molecule has 0 bridgehead atoms. The summed E-state index contributed by atoms with van der Waals surface area (Å²) in [5, 5.41) is 4.51. The van der Waals surface area contributed by atoms with E-state index in [1.54, 1.807) is 12.4 Å². The van der Waals surface area contributed by atoms with Crippen LogP contribution in [0.2, 0.25) is 5.02 Å². The van der Waals surface area contributed by atoms with Crippen LogP contribution in [-0.2, 0) is 6.42 Å². The van der Waals surface area contributed by atoms with Gasteiger partial charge in [0.15, 0.2) is 0 Å². The molecule has 0 aliphatic carbocycles. The second-order valence-corrected chi connectivity index (χ2v) is 5.46. The molecule has 2 aromatic rings. The molecular weight excluding hydrogens is 375 g/mol. The molecule has 0 fully saturated rings. The van der Waals surface area contributed by atoms with E-state index in [2.05, 4.69) is 37.6 Å². The highest BCUT2D eigenvalue weighted by atomic mass is 127. The standard InChI is InChI=1S/C13H10ClIN4/c14-13-10(2-1-3-11(13)15)12(18-19-16)8-9-4-6-17-7-5-9/h1-7,12H,8H2. The molecule has 4 nitrogen and oxygen atoms in total. The van der Waals surface area contributed by atoms with Crippen LogP contribution in [0.5, 0.6) is 0 Å². The lowest BCUT2D eigenvalue weighted by Gasteiger charge is -2.14. The van der Waals surface area contributed by atoms with E-state index in [-0.39, 0.29) is 6.04 Å². The number of pyridine rings is 1. The summed E-state index contributed by atoms with van der Waals surface area (Å²) in [5.41, 5.74) is 10.6. The van der Waals surface area contributed by atoms with E-state index in [1.165, 1.54) is 0 Å². The molecule has 0 aliphatic rings. The van der Waals surface area contributed by atoms with Crippen LogP contribution in [0.1, 0.15) is 17.2 Å². The van der Waals surface area contributed by atoms with Gasteiger partial charge in [-0.15, -0.1) is 0 Å². The maximum atomic E-state index is 8.74. The quantitative estimate of drug-likeness (QED) is 0.319. The summed E-state index contributed by atoms with van der Waals surface area (Å²) in [6.45, 7) is 0. The summed E-state index contributed by atoms with van der Waals surface area (Å²) in [6, 6.07) is 9.23. The normalized spacial score (nSPS) is 11.7. The predicted molar refractivity (Wildman–Crippen MR) is 84.0 cm³/mol. The summed E-state index contributed by atoms with van der Waals surface area (Å²) in [6.07, 6.45) is 4.05. The highest BCUT2D eigenvalue weighted by molar-refractivity contribution is 14.1. The molecule has 1 aromatic heterocycles. The fourth-order valence-corrected chi connectivity index (χ4v) is 2.57. The highest BCUT2D eigenvalue weighted by Crippen LogP contribution is 2.31. The Morgan fingerprint density at radius 2 is 2.05 bits per heavy atom. The summed E-state index contributed by atoms with van der Waals surface area (Å²) in [7, 11) is 0. The molecule has 1 heterocycles. The highest BCUT2D eigenvalue weighted by Gasteiger charge is 2.15. The van der Waals surface area contributed by atoms with Crippen molar-refractivity contribution >= 4 is 34.2 Å². The van der Waals surface area contributed by atoms with Crippen LogP contribution >= 0.6 is 34.2 Å². The first-order valence-electron chi connectivity index (χ1n) is 5.59. The Balaban J connectivity index is 2.35. The largest absolute Gasteiger partial charge is 0.265 e. The number of benzene rings is 1. The van der Waals surface area contributed by atoms with Crippen LogP contribution in [0.4, 0.5) is 0 Å². The minimum atomic E-state index is -0.311. The van der Waals surface area contributed by atoms with Crippen molar-refractivity contribution in [2.24, 2.45) is 5.11 Å². The Bertz CT molecular complexity index is 611. The lowest BCUT2D eigenvalue weighted by atomic mass is 10.0. The third-order valence-electron chi connectivity index (χ3n) is 2.71. The molecule has 0 aliphatic heterocycles. The molecule has 1 atom stereocenters. The summed E-state index contributed by atoms with van der Waals surface area (Å²) >= 11 is 8.45. The van der Waals surface area contributed by atoms with Gasteiger partial charge in [-0.25, -0.2) is 0 Å². The molecule has 0 saturated carbocycles. The number of hydrogen-bond acceptors (Lipinski definition) is 2. The first kappa shape index (κ1) is 14.1. The van der Waals surface area contributed by atoms with Crippen molar-refractivity contribution in [1.82, 2.24) is 4.98 Å². The number of nitrogens with zero attached hydrogens (tertiary/aromatic N) is 4. The Kier molecular flexibility index (Phi) is 5.01. The van der Waals surface area contributed by atoms with Gasteiger partial charge in [0.2, 0.25) is 0 Å². The van der Waals surface area contributed by atoms with E-state index in [0.29, 0.717) is 11.4 Å². The first-order valence-corrected chi connectivity index (χ1v) is 7.05. The van der Waals surface area contributed by atoms with E-state index in [9.17, 15) is 0 Å². The number of aromatic nitrogens is 1. The zero-order valence-corrected chi connectivity index (χ0v) is 12.8. The van der Waals surface area contributed by atoms with Gasteiger partial charge in [-0.05, 0) is 63.9 Å². The number of azide groups is 1. The number of rotatable bonds is 4. The molecule has 0 amide bonds. The van der Waals surface area contributed by atoms with Gasteiger partial charge in [0, 0.05) is 20.9 Å². The van der Waals surface area contributed by atoms with Crippen LogP contribution < -0.4 is 0 Å². The van der Waals surface area contributed by atoms with Crippen LogP contribution in [0.25, 0.3) is 10.4 Å². The topological polar surface area (TPSA) is 61.7 Å². The van der Waals surface area contributed by atoms with E-state index >= 15 is 0 Å². The van der Waals surface area contributed by atoms with E-state index in [1.807, 2.05) is 30.3 Å². The van der Waals surface area contributed by atoms with E-state index in [0.717, 1.165) is 14.7 Å². The maximum Gasteiger partial charge on any atom is 0.0680 e. The third kappa shape index (κ3) is 3.59.